The zero-order chi connectivity index (χ0) is 19.1. The lowest BCUT2D eigenvalue weighted by Gasteiger charge is -2.39. The van der Waals surface area contributed by atoms with Crippen LogP contribution in [0.2, 0.25) is 0 Å². The summed E-state index contributed by atoms with van der Waals surface area (Å²) in [4.78, 5) is 40.8. The van der Waals surface area contributed by atoms with Gasteiger partial charge in [-0.25, -0.2) is 0 Å². The number of ketones is 1. The average Bonchev–Trinajstić information content (AvgIpc) is 3.26. The van der Waals surface area contributed by atoms with E-state index in [9.17, 15) is 14.4 Å². The molecular weight excluding hydrogens is 346 g/mol. The first-order valence-electron chi connectivity index (χ1n) is 9.09. The first-order chi connectivity index (χ1) is 13.0. The Morgan fingerprint density at radius 3 is 2.67 bits per heavy atom. The van der Waals surface area contributed by atoms with Crippen LogP contribution in [0, 0.1) is 6.92 Å². The zero-order valence-corrected chi connectivity index (χ0v) is 15.4. The van der Waals surface area contributed by atoms with Crippen LogP contribution in [0.1, 0.15) is 55.8 Å². The van der Waals surface area contributed by atoms with Gasteiger partial charge in [-0.15, -0.1) is 0 Å². The highest BCUT2D eigenvalue weighted by Gasteiger charge is 2.32. The van der Waals surface area contributed by atoms with Crippen LogP contribution in [0.15, 0.2) is 18.2 Å². The Hall–Kier alpha value is -3.03. The van der Waals surface area contributed by atoms with E-state index < -0.39 is 0 Å². The summed E-state index contributed by atoms with van der Waals surface area (Å²) >= 11 is 0. The summed E-state index contributed by atoms with van der Waals surface area (Å²) in [5.74, 6) is -0.0850. The van der Waals surface area contributed by atoms with Gasteiger partial charge in [0.2, 0.25) is 0 Å². The van der Waals surface area contributed by atoms with Gasteiger partial charge >= 0.3 is 0 Å². The van der Waals surface area contributed by atoms with Gasteiger partial charge in [-0.05, 0) is 38.0 Å². The van der Waals surface area contributed by atoms with Crippen LogP contribution in [0.5, 0.6) is 0 Å². The van der Waals surface area contributed by atoms with Gasteiger partial charge < -0.3 is 9.80 Å². The molecule has 4 rings (SSSR count). The van der Waals surface area contributed by atoms with Crippen LogP contribution in [0.25, 0.3) is 0 Å². The van der Waals surface area contributed by atoms with Gasteiger partial charge in [0, 0.05) is 43.2 Å². The minimum Gasteiger partial charge on any atom is -0.333 e. The second kappa shape index (κ2) is 6.61. The molecule has 1 aromatic heterocycles. The van der Waals surface area contributed by atoms with Crippen molar-refractivity contribution in [2.24, 2.45) is 0 Å². The van der Waals surface area contributed by atoms with Crippen molar-refractivity contribution < 1.29 is 14.4 Å². The van der Waals surface area contributed by atoms with Crippen molar-refractivity contribution in [2.45, 2.75) is 32.7 Å². The molecule has 0 bridgehead atoms. The van der Waals surface area contributed by atoms with E-state index in [1.165, 1.54) is 0 Å². The molecule has 1 aliphatic carbocycles. The number of nitrogens with one attached hydrogen (secondary N) is 1. The molecule has 2 aliphatic rings. The summed E-state index contributed by atoms with van der Waals surface area (Å²) in [5, 5.41) is 10.3. The number of nitrogens with zero attached hydrogens (tertiary/aromatic N) is 4. The largest absolute Gasteiger partial charge is 0.333 e. The monoisotopic (exact) mass is 367 g/mol. The van der Waals surface area contributed by atoms with Crippen molar-refractivity contribution in [1.29, 1.82) is 0 Å². The number of carbonyl (C=O) groups is 3. The highest BCUT2D eigenvalue weighted by atomic mass is 16.2. The number of amides is 2. The maximum atomic E-state index is 13.0. The van der Waals surface area contributed by atoms with Gasteiger partial charge in [0.25, 0.3) is 11.8 Å². The molecule has 1 aromatic carbocycles. The fraction of sp³-hybridized carbons (Fsp3) is 0.421. The Morgan fingerprint density at radius 1 is 1.15 bits per heavy atom. The molecule has 1 fully saturated rings. The van der Waals surface area contributed by atoms with Gasteiger partial charge in [-0.3, -0.25) is 14.4 Å². The Morgan fingerprint density at radius 2 is 1.96 bits per heavy atom. The number of carbonyl (C=O) groups excluding carboxylic acids is 3. The van der Waals surface area contributed by atoms with Gasteiger partial charge in [0.05, 0.1) is 5.69 Å². The molecular formula is C19H21N5O3. The number of aryl methyl sites for hydroxylation is 2. The number of H-pyrrole nitrogens is 1. The first-order valence-corrected chi connectivity index (χ1v) is 9.09. The Balaban J connectivity index is 1.47. The summed E-state index contributed by atoms with van der Waals surface area (Å²) < 4.78 is 0. The molecule has 27 heavy (non-hydrogen) atoms. The number of rotatable bonds is 2. The topological polar surface area (TPSA) is 99.3 Å². The van der Waals surface area contributed by atoms with Crippen LogP contribution in [0.3, 0.4) is 0 Å². The number of hydrogen-bond donors (Lipinski definition) is 1. The van der Waals surface area contributed by atoms with Gasteiger partial charge in [0.1, 0.15) is 0 Å². The Labute approximate surface area is 156 Å². The van der Waals surface area contributed by atoms with Crippen molar-refractivity contribution in [3.05, 3.63) is 46.3 Å². The highest BCUT2D eigenvalue weighted by Crippen LogP contribution is 2.24. The van der Waals surface area contributed by atoms with Gasteiger partial charge in [-0.2, -0.15) is 15.4 Å². The molecule has 1 atom stereocenters. The van der Waals surface area contributed by atoms with E-state index in [-0.39, 0.29) is 23.6 Å². The van der Waals surface area contributed by atoms with E-state index in [0.29, 0.717) is 49.4 Å². The number of benzene rings is 1. The van der Waals surface area contributed by atoms with E-state index in [1.807, 2.05) is 13.0 Å². The number of piperazine rings is 1. The van der Waals surface area contributed by atoms with Crippen LogP contribution >= 0.6 is 0 Å². The Bertz CT molecular complexity index is 935. The smallest absolute Gasteiger partial charge is 0.276 e. The van der Waals surface area contributed by atoms with Crippen LogP contribution < -0.4 is 0 Å². The van der Waals surface area contributed by atoms with Crippen LogP contribution in [0.4, 0.5) is 0 Å². The predicted molar refractivity (Wildman–Crippen MR) is 96.6 cm³/mol. The van der Waals surface area contributed by atoms with E-state index >= 15 is 0 Å². The Kier molecular flexibility index (Phi) is 4.25. The standard InChI is InChI=1S/C19H21N5O3/c1-11-10-23(19(27)17-12(2)20-22-21-17)7-8-24(11)18(26)14-3-5-15-13(9-14)4-6-16(15)25/h3,5,9,11H,4,6-8,10H2,1-2H3,(H,20,21,22). The lowest BCUT2D eigenvalue weighted by atomic mass is 10.0. The summed E-state index contributed by atoms with van der Waals surface area (Å²) in [5.41, 5.74) is 3.18. The normalized spacial score (nSPS) is 19.3. The molecule has 1 saturated heterocycles. The van der Waals surface area contributed by atoms with Crippen molar-refractivity contribution in [2.75, 3.05) is 19.6 Å². The van der Waals surface area contributed by atoms with Gasteiger partial charge in [0.15, 0.2) is 11.5 Å². The summed E-state index contributed by atoms with van der Waals surface area (Å²) in [6, 6.07) is 5.21. The first kappa shape index (κ1) is 17.4. The zero-order valence-electron chi connectivity index (χ0n) is 15.4. The quantitative estimate of drug-likeness (QED) is 0.861. The number of hydrogen-bond acceptors (Lipinski definition) is 5. The molecule has 0 radical (unpaired) electrons. The minimum atomic E-state index is -0.170. The molecule has 8 nitrogen and oxygen atoms in total. The fourth-order valence-electron chi connectivity index (χ4n) is 3.83. The second-order valence-corrected chi connectivity index (χ2v) is 7.15. The van der Waals surface area contributed by atoms with Crippen molar-refractivity contribution in [1.82, 2.24) is 25.2 Å². The molecule has 1 unspecified atom stereocenters. The maximum Gasteiger partial charge on any atom is 0.276 e. The third-order valence-corrected chi connectivity index (χ3v) is 5.37. The van der Waals surface area contributed by atoms with Crippen molar-refractivity contribution >= 4 is 17.6 Å². The molecule has 140 valence electrons. The number of fused-ring (bicyclic) bond motifs is 1. The summed E-state index contributed by atoms with van der Waals surface area (Å²) in [6.45, 7) is 5.02. The van der Waals surface area contributed by atoms with Crippen LogP contribution in [-0.4, -0.2) is 68.5 Å². The molecule has 2 aromatic rings. The highest BCUT2D eigenvalue weighted by molar-refractivity contribution is 6.02. The fourth-order valence-corrected chi connectivity index (χ4v) is 3.83. The van der Waals surface area contributed by atoms with E-state index in [4.69, 9.17) is 0 Å². The predicted octanol–water partition coefficient (Wildman–Crippen LogP) is 1.23. The lowest BCUT2D eigenvalue weighted by molar-refractivity contribution is 0.0411. The summed E-state index contributed by atoms with van der Waals surface area (Å²) in [7, 11) is 0. The molecule has 2 amide bonds. The lowest BCUT2D eigenvalue weighted by Crippen LogP contribution is -2.55. The number of aromatic nitrogens is 3. The summed E-state index contributed by atoms with van der Waals surface area (Å²) in [6.07, 6.45) is 1.22. The maximum absolute atomic E-state index is 13.0. The van der Waals surface area contributed by atoms with Crippen molar-refractivity contribution in [3.63, 3.8) is 0 Å². The van der Waals surface area contributed by atoms with E-state index in [2.05, 4.69) is 15.4 Å². The molecule has 0 spiro atoms. The van der Waals surface area contributed by atoms with E-state index in [1.54, 1.807) is 28.9 Å². The number of aromatic amines is 1. The van der Waals surface area contributed by atoms with Gasteiger partial charge in [-0.1, -0.05) is 6.07 Å². The molecule has 8 heteroatoms. The third kappa shape index (κ3) is 3.01. The van der Waals surface area contributed by atoms with Crippen molar-refractivity contribution in [3.8, 4) is 0 Å². The second-order valence-electron chi connectivity index (χ2n) is 7.15. The minimum absolute atomic E-state index is 0.0608. The molecule has 1 N–H and O–H groups in total. The molecule has 2 heterocycles. The van der Waals surface area contributed by atoms with Crippen LogP contribution in [-0.2, 0) is 6.42 Å². The molecule has 1 aliphatic heterocycles. The SMILES string of the molecule is Cc1n[nH]nc1C(=O)N1CCN(C(=O)c2ccc3c(c2)CCC3=O)C(C)C1. The number of Topliss-reactive ketones (excluding diaryl/α,β-unsaturated/α-hetero) is 1. The van der Waals surface area contributed by atoms with E-state index in [0.717, 1.165) is 11.1 Å². The molecule has 0 saturated carbocycles. The third-order valence-electron chi connectivity index (χ3n) is 5.37. The average molecular weight is 367 g/mol.